The summed E-state index contributed by atoms with van der Waals surface area (Å²) in [5.41, 5.74) is 4.93. The molecule has 0 spiro atoms. The molecule has 0 amide bonds. The van der Waals surface area contributed by atoms with E-state index in [1.807, 2.05) is 0 Å². The van der Waals surface area contributed by atoms with E-state index in [9.17, 15) is 19.2 Å². The fourth-order valence-corrected chi connectivity index (χ4v) is 4.24. The first-order valence-corrected chi connectivity index (χ1v) is 10.2. The van der Waals surface area contributed by atoms with E-state index in [1.54, 1.807) is 12.3 Å². The molecule has 2 aromatic rings. The summed E-state index contributed by atoms with van der Waals surface area (Å²) >= 11 is 2.44. The number of esters is 1. The number of thiazole rings is 1. The molecule has 2 aromatic heterocycles. The van der Waals surface area contributed by atoms with Gasteiger partial charge >= 0.3 is 11.7 Å². The average molecular weight is 410 g/mol. The monoisotopic (exact) mass is 410 g/mol. The fraction of sp³-hybridized carbons (Fsp3) is 0.438. The molecule has 9 nitrogen and oxygen atoms in total. The topological polar surface area (TPSA) is 137 Å². The molecule has 0 atom stereocenters. The van der Waals surface area contributed by atoms with Crippen molar-refractivity contribution < 1.29 is 14.3 Å². The van der Waals surface area contributed by atoms with E-state index in [4.69, 9.17) is 10.5 Å². The molecule has 0 aliphatic heterocycles. The van der Waals surface area contributed by atoms with Gasteiger partial charge in [-0.05, 0) is 19.8 Å². The van der Waals surface area contributed by atoms with Gasteiger partial charge in [0.1, 0.15) is 11.4 Å². The van der Waals surface area contributed by atoms with Crippen LogP contribution in [0.5, 0.6) is 0 Å². The van der Waals surface area contributed by atoms with E-state index in [0.717, 1.165) is 24.6 Å². The molecule has 1 aliphatic carbocycles. The summed E-state index contributed by atoms with van der Waals surface area (Å²) in [4.78, 5) is 54.4. The zero-order chi connectivity index (χ0) is 19.6. The normalized spacial score (nSPS) is 13.5. The molecular formula is C16H18N4O5S2. The third-order valence-corrected chi connectivity index (χ3v) is 5.93. The van der Waals surface area contributed by atoms with Crippen LogP contribution in [0.25, 0.3) is 0 Å². The number of nitrogens with one attached hydrogen (secondary N) is 1. The minimum atomic E-state index is -0.776. The Bertz CT molecular complexity index is 989. The molecule has 0 bridgehead atoms. The van der Waals surface area contributed by atoms with Crippen LogP contribution < -0.4 is 17.0 Å². The van der Waals surface area contributed by atoms with Gasteiger partial charge < -0.3 is 10.5 Å². The molecular weight excluding hydrogens is 392 g/mol. The van der Waals surface area contributed by atoms with Crippen LogP contribution in [0.15, 0.2) is 19.3 Å². The Labute approximate surface area is 161 Å². The van der Waals surface area contributed by atoms with Crippen LogP contribution in [-0.4, -0.2) is 38.6 Å². The van der Waals surface area contributed by atoms with Gasteiger partial charge in [-0.25, -0.2) is 9.78 Å². The molecule has 1 fully saturated rings. The van der Waals surface area contributed by atoms with Gasteiger partial charge in [0.2, 0.25) is 0 Å². The quantitative estimate of drug-likeness (QED) is 0.373. The summed E-state index contributed by atoms with van der Waals surface area (Å²) in [6.45, 7) is 2.03. The van der Waals surface area contributed by atoms with Crippen molar-refractivity contribution in [3.63, 3.8) is 0 Å². The molecule has 27 heavy (non-hydrogen) atoms. The number of hydrogen-bond acceptors (Lipinski definition) is 9. The molecule has 0 saturated heterocycles. The van der Waals surface area contributed by atoms with Crippen LogP contribution in [0.3, 0.4) is 0 Å². The second kappa shape index (κ2) is 8.09. The molecule has 0 unspecified atom stereocenters. The van der Waals surface area contributed by atoms with Crippen LogP contribution in [0.1, 0.15) is 41.9 Å². The number of ether oxygens (including phenoxy) is 1. The Morgan fingerprint density at radius 2 is 2.19 bits per heavy atom. The summed E-state index contributed by atoms with van der Waals surface area (Å²) in [5.74, 6) is -0.978. The Balaban J connectivity index is 1.69. The maximum absolute atomic E-state index is 12.5. The number of nitrogens with two attached hydrogens (primary N) is 1. The van der Waals surface area contributed by atoms with Crippen LogP contribution in [-0.2, 0) is 16.0 Å². The van der Waals surface area contributed by atoms with E-state index in [1.165, 1.54) is 15.9 Å². The van der Waals surface area contributed by atoms with Gasteiger partial charge in [0.25, 0.3) is 5.56 Å². The van der Waals surface area contributed by atoms with Gasteiger partial charge in [-0.1, -0.05) is 11.8 Å². The SMILES string of the molecule is CCOC(=O)Cc1csc(SCC(=O)c2c(N)n(C3CC3)c(=O)[nH]c2=O)n1. The summed E-state index contributed by atoms with van der Waals surface area (Å²) in [6.07, 6.45) is 1.65. The molecule has 3 N–H and O–H groups in total. The average Bonchev–Trinajstić information content (AvgIpc) is 3.32. The number of H-pyrrole nitrogens is 1. The number of carbonyl (C=O) groups is 2. The van der Waals surface area contributed by atoms with E-state index in [0.29, 0.717) is 16.6 Å². The van der Waals surface area contributed by atoms with Gasteiger partial charge in [0, 0.05) is 11.4 Å². The highest BCUT2D eigenvalue weighted by atomic mass is 32.2. The van der Waals surface area contributed by atoms with Gasteiger partial charge in [0.15, 0.2) is 10.1 Å². The number of ketones is 1. The lowest BCUT2D eigenvalue weighted by atomic mass is 10.2. The van der Waals surface area contributed by atoms with E-state index >= 15 is 0 Å². The van der Waals surface area contributed by atoms with Crippen molar-refractivity contribution in [1.29, 1.82) is 0 Å². The standard InChI is InChI=1S/C16H18N4O5S2/c1-2-25-11(22)5-8-6-26-16(18-8)27-7-10(21)12-13(17)20(9-3-4-9)15(24)19-14(12)23/h6,9H,2-5,7,17H2,1H3,(H,19,23,24). The minimum Gasteiger partial charge on any atom is -0.466 e. The minimum absolute atomic E-state index is 0.0531. The molecule has 1 aliphatic rings. The molecule has 2 heterocycles. The van der Waals surface area contributed by atoms with Crippen molar-refractivity contribution in [2.75, 3.05) is 18.1 Å². The highest BCUT2D eigenvalue weighted by molar-refractivity contribution is 8.01. The summed E-state index contributed by atoms with van der Waals surface area (Å²) in [6, 6.07) is -0.0575. The first-order chi connectivity index (χ1) is 12.9. The lowest BCUT2D eigenvalue weighted by molar-refractivity contribution is -0.142. The number of nitrogen functional groups attached to an aromatic ring is 1. The number of Topliss-reactive ketones (excluding diaryl/α,β-unsaturated/α-hetero) is 1. The molecule has 1 saturated carbocycles. The second-order valence-electron chi connectivity index (χ2n) is 5.92. The van der Waals surface area contributed by atoms with Crippen molar-refractivity contribution in [2.24, 2.45) is 0 Å². The first kappa shape index (κ1) is 19.4. The maximum atomic E-state index is 12.5. The number of hydrogen-bond donors (Lipinski definition) is 2. The Hall–Kier alpha value is -2.40. The molecule has 3 rings (SSSR count). The van der Waals surface area contributed by atoms with E-state index < -0.39 is 17.0 Å². The van der Waals surface area contributed by atoms with Crippen molar-refractivity contribution in [2.45, 2.75) is 36.6 Å². The summed E-state index contributed by atoms with van der Waals surface area (Å²) in [5, 5.41) is 1.72. The van der Waals surface area contributed by atoms with Crippen molar-refractivity contribution >= 4 is 40.7 Å². The first-order valence-electron chi connectivity index (χ1n) is 8.31. The van der Waals surface area contributed by atoms with E-state index in [2.05, 4.69) is 9.97 Å². The Kier molecular flexibility index (Phi) is 5.80. The molecule has 144 valence electrons. The zero-order valence-corrected chi connectivity index (χ0v) is 16.2. The molecule has 11 heteroatoms. The van der Waals surface area contributed by atoms with Crippen molar-refractivity contribution in [3.05, 3.63) is 37.5 Å². The van der Waals surface area contributed by atoms with E-state index in [-0.39, 0.29) is 35.6 Å². The van der Waals surface area contributed by atoms with Crippen molar-refractivity contribution in [3.8, 4) is 0 Å². The number of aromatic nitrogens is 3. The van der Waals surface area contributed by atoms with Crippen LogP contribution >= 0.6 is 23.1 Å². The van der Waals surface area contributed by atoms with Crippen LogP contribution in [0.2, 0.25) is 0 Å². The predicted octanol–water partition coefficient (Wildman–Crippen LogP) is 0.991. The number of aromatic amines is 1. The largest absolute Gasteiger partial charge is 0.466 e. The smallest absolute Gasteiger partial charge is 0.330 e. The third-order valence-electron chi connectivity index (χ3n) is 3.86. The van der Waals surface area contributed by atoms with Gasteiger partial charge in [0.05, 0.1) is 24.5 Å². The Morgan fingerprint density at radius 3 is 2.85 bits per heavy atom. The maximum Gasteiger partial charge on any atom is 0.330 e. The van der Waals surface area contributed by atoms with Crippen molar-refractivity contribution in [1.82, 2.24) is 14.5 Å². The number of rotatable bonds is 8. The number of carbonyl (C=O) groups excluding carboxylic acids is 2. The molecule has 0 radical (unpaired) electrons. The lowest BCUT2D eigenvalue weighted by Crippen LogP contribution is -2.36. The molecule has 0 aromatic carbocycles. The fourth-order valence-electron chi connectivity index (χ4n) is 2.53. The Morgan fingerprint density at radius 1 is 1.44 bits per heavy atom. The summed E-state index contributed by atoms with van der Waals surface area (Å²) < 4.78 is 6.74. The predicted molar refractivity (Wildman–Crippen MR) is 102 cm³/mol. The summed E-state index contributed by atoms with van der Waals surface area (Å²) in [7, 11) is 0. The van der Waals surface area contributed by atoms with Crippen LogP contribution in [0, 0.1) is 0 Å². The number of nitrogens with zero attached hydrogens (tertiary/aromatic N) is 2. The highest BCUT2D eigenvalue weighted by Crippen LogP contribution is 2.35. The number of anilines is 1. The second-order valence-corrected chi connectivity index (χ2v) is 8.00. The van der Waals surface area contributed by atoms with Gasteiger partial charge in [-0.3, -0.25) is 23.9 Å². The highest BCUT2D eigenvalue weighted by Gasteiger charge is 2.30. The lowest BCUT2D eigenvalue weighted by Gasteiger charge is -2.10. The van der Waals surface area contributed by atoms with Gasteiger partial charge in [-0.2, -0.15) is 0 Å². The van der Waals surface area contributed by atoms with Gasteiger partial charge in [-0.15, -0.1) is 11.3 Å². The van der Waals surface area contributed by atoms with Crippen LogP contribution in [0.4, 0.5) is 5.82 Å². The number of thioether (sulfide) groups is 1. The third kappa shape index (κ3) is 4.48. The zero-order valence-electron chi connectivity index (χ0n) is 14.5.